The van der Waals surface area contributed by atoms with Crippen LogP contribution in [0.5, 0.6) is 17.2 Å². The predicted molar refractivity (Wildman–Crippen MR) is 83.4 cm³/mol. The van der Waals surface area contributed by atoms with Gasteiger partial charge >= 0.3 is 11.9 Å². The van der Waals surface area contributed by atoms with Gasteiger partial charge in [0, 0.05) is 17.7 Å². The van der Waals surface area contributed by atoms with Crippen LogP contribution in [0.3, 0.4) is 0 Å². The maximum absolute atomic E-state index is 11.6. The summed E-state index contributed by atoms with van der Waals surface area (Å²) in [4.78, 5) is 23.2. The molecule has 0 aromatic heterocycles. The number of rotatable bonds is 7. The minimum Gasteiger partial charge on any atom is -0.490 e. The van der Waals surface area contributed by atoms with Crippen molar-refractivity contribution in [2.45, 2.75) is 26.7 Å². The van der Waals surface area contributed by atoms with Gasteiger partial charge in [0.15, 0.2) is 11.5 Å². The molecule has 0 N–H and O–H groups in total. The van der Waals surface area contributed by atoms with Gasteiger partial charge in [0.05, 0.1) is 6.61 Å². The second kappa shape index (κ2) is 8.02. The minimum atomic E-state index is -0.669. The molecule has 0 saturated carbocycles. The Morgan fingerprint density at radius 3 is 2.09 bits per heavy atom. The topological polar surface area (TPSA) is 61.8 Å². The van der Waals surface area contributed by atoms with Gasteiger partial charge in [-0.15, -0.1) is 0 Å². The molecule has 0 amide bonds. The first-order valence-corrected chi connectivity index (χ1v) is 6.92. The fourth-order valence-corrected chi connectivity index (χ4v) is 1.77. The number of benzene rings is 1. The van der Waals surface area contributed by atoms with Crippen LogP contribution in [-0.2, 0) is 9.59 Å². The molecule has 0 atom stereocenters. The summed E-state index contributed by atoms with van der Waals surface area (Å²) in [6.07, 6.45) is 2.06. The fourth-order valence-electron chi connectivity index (χ4n) is 1.77. The molecule has 5 nitrogen and oxygen atoms in total. The van der Waals surface area contributed by atoms with Crippen LogP contribution in [0, 0.1) is 0 Å². The minimum absolute atomic E-state index is 0.0458. The highest BCUT2D eigenvalue weighted by atomic mass is 16.6. The molecule has 0 aliphatic rings. The molecule has 5 heteroatoms. The monoisotopic (exact) mass is 304 g/mol. The van der Waals surface area contributed by atoms with Gasteiger partial charge in [0.2, 0.25) is 5.75 Å². The normalized spacial score (nSPS) is 10.0. The van der Waals surface area contributed by atoms with Crippen molar-refractivity contribution >= 4 is 11.9 Å². The molecule has 0 aliphatic carbocycles. The van der Waals surface area contributed by atoms with E-state index in [1.165, 1.54) is 0 Å². The van der Waals surface area contributed by atoms with Crippen molar-refractivity contribution < 1.29 is 23.8 Å². The average molecular weight is 304 g/mol. The van der Waals surface area contributed by atoms with Gasteiger partial charge in [0.25, 0.3) is 0 Å². The first-order valence-electron chi connectivity index (χ1n) is 6.92. The molecule has 1 rings (SSSR count). The van der Waals surface area contributed by atoms with E-state index in [-0.39, 0.29) is 17.4 Å². The second-order valence-corrected chi connectivity index (χ2v) is 4.65. The van der Waals surface area contributed by atoms with E-state index in [9.17, 15) is 9.59 Å². The molecule has 1 aromatic rings. The van der Waals surface area contributed by atoms with Crippen LogP contribution in [0.1, 0.15) is 32.3 Å². The van der Waals surface area contributed by atoms with Crippen molar-refractivity contribution in [3.8, 4) is 17.2 Å². The van der Waals surface area contributed by atoms with Gasteiger partial charge in [-0.3, -0.25) is 0 Å². The zero-order valence-corrected chi connectivity index (χ0v) is 13.0. The van der Waals surface area contributed by atoms with Crippen molar-refractivity contribution in [1.82, 2.24) is 0 Å². The highest BCUT2D eigenvalue weighted by Gasteiger charge is 2.22. The predicted octanol–water partition coefficient (Wildman–Crippen LogP) is 3.39. The lowest BCUT2D eigenvalue weighted by Gasteiger charge is -2.18. The highest BCUT2D eigenvalue weighted by molar-refractivity contribution is 5.87. The first-order chi connectivity index (χ1) is 10.4. The van der Waals surface area contributed by atoms with E-state index >= 15 is 0 Å². The number of carbonyl (C=O) groups excluding carboxylic acids is 2. The van der Waals surface area contributed by atoms with Crippen LogP contribution < -0.4 is 14.2 Å². The Bertz CT molecular complexity index is 587. The van der Waals surface area contributed by atoms with E-state index in [0.717, 1.165) is 12.2 Å². The summed E-state index contributed by atoms with van der Waals surface area (Å²) in [5.74, 6) is -0.739. The lowest BCUT2D eigenvalue weighted by Crippen LogP contribution is -2.12. The van der Waals surface area contributed by atoms with Gasteiger partial charge in [-0.1, -0.05) is 33.1 Å². The average Bonchev–Trinajstić information content (AvgIpc) is 2.49. The molecule has 0 aliphatic heterocycles. The Hall–Kier alpha value is -2.56. The summed E-state index contributed by atoms with van der Waals surface area (Å²) in [6.45, 7) is 12.8. The molecule has 0 bridgehead atoms. The van der Waals surface area contributed by atoms with Gasteiger partial charge in [-0.25, -0.2) is 9.59 Å². The van der Waals surface area contributed by atoms with E-state index in [4.69, 9.17) is 14.2 Å². The van der Waals surface area contributed by atoms with Crippen LogP contribution in [0.25, 0.3) is 0 Å². The Morgan fingerprint density at radius 1 is 1.09 bits per heavy atom. The van der Waals surface area contributed by atoms with E-state index in [2.05, 4.69) is 13.2 Å². The number of hydrogen-bond acceptors (Lipinski definition) is 5. The summed E-state index contributed by atoms with van der Waals surface area (Å²) in [5, 5.41) is 0. The lowest BCUT2D eigenvalue weighted by atomic mass is 10.0. The largest absolute Gasteiger partial charge is 0.490 e. The first kappa shape index (κ1) is 17.5. The molecule has 0 unspecified atom stereocenters. The third-order valence-corrected chi connectivity index (χ3v) is 2.77. The highest BCUT2D eigenvalue weighted by Crippen LogP contribution is 2.43. The second-order valence-electron chi connectivity index (χ2n) is 4.65. The maximum atomic E-state index is 11.6. The fraction of sp³-hybridized carbons (Fsp3) is 0.294. The van der Waals surface area contributed by atoms with Crippen LogP contribution in [0.2, 0.25) is 0 Å². The van der Waals surface area contributed by atoms with E-state index < -0.39 is 11.9 Å². The van der Waals surface area contributed by atoms with Gasteiger partial charge < -0.3 is 14.2 Å². The lowest BCUT2D eigenvalue weighted by molar-refractivity contribution is -0.131. The van der Waals surface area contributed by atoms with Gasteiger partial charge in [-0.05, 0) is 18.9 Å². The number of hydrogen-bond donors (Lipinski definition) is 0. The maximum Gasteiger partial charge on any atom is 0.335 e. The zero-order valence-electron chi connectivity index (χ0n) is 13.0. The summed E-state index contributed by atoms with van der Waals surface area (Å²) < 4.78 is 15.9. The zero-order chi connectivity index (χ0) is 16.7. The van der Waals surface area contributed by atoms with Crippen molar-refractivity contribution in [2.75, 3.05) is 6.61 Å². The summed E-state index contributed by atoms with van der Waals surface area (Å²) in [6, 6.07) is 3.45. The third kappa shape index (κ3) is 4.22. The van der Waals surface area contributed by atoms with Crippen molar-refractivity contribution in [1.29, 1.82) is 0 Å². The number of carbonyl (C=O) groups is 2. The molecule has 0 radical (unpaired) electrons. The quantitative estimate of drug-likeness (QED) is 0.439. The third-order valence-electron chi connectivity index (χ3n) is 2.77. The Kier molecular flexibility index (Phi) is 6.38. The number of ether oxygens (including phenoxy) is 3. The Labute approximate surface area is 130 Å². The van der Waals surface area contributed by atoms with Crippen molar-refractivity contribution in [3.05, 3.63) is 43.0 Å². The SMILES string of the molecule is C=CC(=O)Oc1c(OCC)ccc(C(C)C)c1OC(=O)C=C. The standard InChI is InChI=1S/C17H20O5/c1-6-14(18)21-16-12(11(4)5)9-10-13(20-8-3)17(16)22-15(19)7-2/h6-7,9-11H,1-2,8H2,3-5H3. The van der Waals surface area contributed by atoms with Crippen LogP contribution in [0.15, 0.2) is 37.4 Å². The van der Waals surface area contributed by atoms with Gasteiger partial charge in [-0.2, -0.15) is 0 Å². The van der Waals surface area contributed by atoms with Crippen molar-refractivity contribution in [2.24, 2.45) is 0 Å². The molecule has 1 aromatic carbocycles. The summed E-state index contributed by atoms with van der Waals surface area (Å²) in [5.41, 5.74) is 0.713. The molecule has 0 fully saturated rings. The van der Waals surface area contributed by atoms with Crippen LogP contribution in [-0.4, -0.2) is 18.5 Å². The van der Waals surface area contributed by atoms with E-state index in [1.807, 2.05) is 13.8 Å². The molecule has 0 heterocycles. The Balaban J connectivity index is 3.48. The molecule has 22 heavy (non-hydrogen) atoms. The molecular formula is C17H20O5. The Morgan fingerprint density at radius 2 is 1.64 bits per heavy atom. The van der Waals surface area contributed by atoms with Crippen LogP contribution in [0.4, 0.5) is 0 Å². The summed E-state index contributed by atoms with van der Waals surface area (Å²) in [7, 11) is 0. The molecular weight excluding hydrogens is 284 g/mol. The van der Waals surface area contributed by atoms with Gasteiger partial charge in [0.1, 0.15) is 0 Å². The smallest absolute Gasteiger partial charge is 0.335 e. The molecule has 0 saturated heterocycles. The number of esters is 2. The van der Waals surface area contributed by atoms with Crippen LogP contribution >= 0.6 is 0 Å². The molecule has 0 spiro atoms. The van der Waals surface area contributed by atoms with E-state index in [0.29, 0.717) is 17.9 Å². The van der Waals surface area contributed by atoms with Crippen molar-refractivity contribution in [3.63, 3.8) is 0 Å². The molecule has 118 valence electrons. The summed E-state index contributed by atoms with van der Waals surface area (Å²) >= 11 is 0. The van der Waals surface area contributed by atoms with E-state index in [1.54, 1.807) is 19.1 Å².